The molecule has 1 saturated heterocycles. The lowest BCUT2D eigenvalue weighted by atomic mass is 9.88. The Morgan fingerprint density at radius 1 is 1.15 bits per heavy atom. The van der Waals surface area contributed by atoms with Gasteiger partial charge in [-0.3, -0.25) is 9.59 Å². The molecule has 2 aliphatic carbocycles. The van der Waals surface area contributed by atoms with E-state index in [-0.39, 0.29) is 5.91 Å². The van der Waals surface area contributed by atoms with Gasteiger partial charge in [-0.1, -0.05) is 56.5 Å². The maximum absolute atomic E-state index is 12.8. The van der Waals surface area contributed by atoms with E-state index in [9.17, 15) is 9.59 Å². The fourth-order valence-electron chi connectivity index (χ4n) is 5.80. The molecular weight excluding hydrogens is 336 g/mol. The first-order chi connectivity index (χ1) is 13.1. The van der Waals surface area contributed by atoms with Crippen molar-refractivity contribution in [3.63, 3.8) is 0 Å². The molecular formula is C23H32N2O2. The maximum Gasteiger partial charge on any atom is 0.224 e. The molecule has 4 rings (SSSR count). The fourth-order valence-corrected chi connectivity index (χ4v) is 5.80. The lowest BCUT2D eigenvalue weighted by Crippen LogP contribution is -2.43. The van der Waals surface area contributed by atoms with Crippen molar-refractivity contribution >= 4 is 11.8 Å². The van der Waals surface area contributed by atoms with E-state index in [4.69, 9.17) is 0 Å². The zero-order valence-corrected chi connectivity index (χ0v) is 16.4. The van der Waals surface area contributed by atoms with E-state index in [1.807, 2.05) is 30.3 Å². The normalized spacial score (nSPS) is 31.1. The molecule has 4 heteroatoms. The number of benzene rings is 1. The maximum atomic E-state index is 12.8. The van der Waals surface area contributed by atoms with Gasteiger partial charge in [0.1, 0.15) is 0 Å². The zero-order chi connectivity index (χ0) is 18.8. The molecule has 0 radical (unpaired) electrons. The molecule has 0 bridgehead atoms. The van der Waals surface area contributed by atoms with Gasteiger partial charge in [-0.25, -0.2) is 0 Å². The van der Waals surface area contributed by atoms with Crippen LogP contribution in [0.25, 0.3) is 0 Å². The van der Waals surface area contributed by atoms with Gasteiger partial charge in [0.05, 0.1) is 6.42 Å². The highest BCUT2D eigenvalue weighted by molar-refractivity contribution is 5.80. The highest BCUT2D eigenvalue weighted by Gasteiger charge is 2.52. The molecule has 0 aromatic heterocycles. The average Bonchev–Trinajstić information content (AvgIpc) is 3.14. The Morgan fingerprint density at radius 2 is 1.89 bits per heavy atom. The van der Waals surface area contributed by atoms with Crippen molar-refractivity contribution in [2.45, 2.75) is 70.4 Å². The van der Waals surface area contributed by atoms with Crippen molar-refractivity contribution in [3.05, 3.63) is 35.9 Å². The summed E-state index contributed by atoms with van der Waals surface area (Å²) >= 11 is 0. The number of hydrogen-bond acceptors (Lipinski definition) is 2. The number of nitrogens with one attached hydrogen (secondary N) is 1. The number of amides is 2. The summed E-state index contributed by atoms with van der Waals surface area (Å²) in [7, 11) is 0. The van der Waals surface area contributed by atoms with Crippen LogP contribution in [-0.2, 0) is 16.0 Å². The molecule has 4 nitrogen and oxygen atoms in total. The van der Waals surface area contributed by atoms with E-state index >= 15 is 0 Å². The molecule has 1 N–H and O–H groups in total. The molecule has 146 valence electrons. The molecule has 3 aliphatic rings. The summed E-state index contributed by atoms with van der Waals surface area (Å²) in [5.41, 5.74) is 1.05. The van der Waals surface area contributed by atoms with Crippen molar-refractivity contribution in [1.29, 1.82) is 0 Å². The van der Waals surface area contributed by atoms with Gasteiger partial charge in [0, 0.05) is 25.0 Å². The summed E-state index contributed by atoms with van der Waals surface area (Å²) in [5.74, 6) is 1.87. The summed E-state index contributed by atoms with van der Waals surface area (Å²) in [6, 6.07) is 10.8. The predicted octanol–water partition coefficient (Wildman–Crippen LogP) is 3.55. The van der Waals surface area contributed by atoms with Crippen LogP contribution in [0.3, 0.4) is 0 Å². The summed E-state index contributed by atoms with van der Waals surface area (Å²) in [5, 5.41) is 3.16. The molecule has 0 unspecified atom stereocenters. The van der Waals surface area contributed by atoms with Crippen molar-refractivity contribution in [2.24, 2.45) is 17.8 Å². The molecule has 3 fully saturated rings. The van der Waals surface area contributed by atoms with Crippen LogP contribution < -0.4 is 5.32 Å². The summed E-state index contributed by atoms with van der Waals surface area (Å²) < 4.78 is 0. The first-order valence-electron chi connectivity index (χ1n) is 10.7. The Morgan fingerprint density at radius 3 is 2.63 bits per heavy atom. The van der Waals surface area contributed by atoms with Gasteiger partial charge in [-0.05, 0) is 42.6 Å². The second-order valence-corrected chi connectivity index (χ2v) is 8.87. The number of carbonyl (C=O) groups is 2. The smallest absolute Gasteiger partial charge is 0.224 e. The van der Waals surface area contributed by atoms with Gasteiger partial charge in [-0.2, -0.15) is 0 Å². The van der Waals surface area contributed by atoms with E-state index in [1.54, 1.807) is 0 Å². The van der Waals surface area contributed by atoms with E-state index < -0.39 is 0 Å². The van der Waals surface area contributed by atoms with Crippen LogP contribution in [0.1, 0.15) is 57.4 Å². The van der Waals surface area contributed by atoms with Crippen LogP contribution in [-0.4, -0.2) is 35.3 Å². The van der Waals surface area contributed by atoms with Gasteiger partial charge in [-0.15, -0.1) is 0 Å². The Labute approximate surface area is 162 Å². The van der Waals surface area contributed by atoms with E-state index in [0.717, 1.165) is 12.0 Å². The first kappa shape index (κ1) is 18.5. The summed E-state index contributed by atoms with van der Waals surface area (Å²) in [6.45, 7) is 3.01. The first-order valence-corrected chi connectivity index (χ1v) is 10.7. The standard InChI is InChI=1S/C23H32N2O2/c1-16-12-21-19(14-23(27)25(21)18-10-6-3-7-11-18)20(16)15-24-22(26)13-17-8-4-2-5-9-17/h2,4-5,8-9,16,18-21H,3,6-7,10-15H2,1H3,(H,24,26)/t16-,19-,20+,21+/m0/s1. The molecule has 2 saturated carbocycles. The second kappa shape index (κ2) is 8.04. The zero-order valence-electron chi connectivity index (χ0n) is 16.4. The third kappa shape index (κ3) is 3.90. The van der Waals surface area contributed by atoms with Gasteiger partial charge in [0.15, 0.2) is 0 Å². The lowest BCUT2D eigenvalue weighted by Gasteiger charge is -2.35. The van der Waals surface area contributed by atoms with Gasteiger partial charge < -0.3 is 10.2 Å². The van der Waals surface area contributed by atoms with Crippen LogP contribution >= 0.6 is 0 Å². The number of nitrogens with zero attached hydrogens (tertiary/aromatic N) is 1. The average molecular weight is 369 g/mol. The molecule has 1 aliphatic heterocycles. The topological polar surface area (TPSA) is 49.4 Å². The predicted molar refractivity (Wildman–Crippen MR) is 106 cm³/mol. The Hall–Kier alpha value is -1.84. The van der Waals surface area contributed by atoms with Crippen molar-refractivity contribution in [1.82, 2.24) is 10.2 Å². The minimum atomic E-state index is 0.0883. The Kier molecular flexibility index (Phi) is 5.51. The summed E-state index contributed by atoms with van der Waals surface area (Å²) in [6.07, 6.45) is 8.43. The number of rotatable bonds is 5. The van der Waals surface area contributed by atoms with Crippen LogP contribution in [0, 0.1) is 17.8 Å². The van der Waals surface area contributed by atoms with Crippen LogP contribution in [0.2, 0.25) is 0 Å². The number of fused-ring (bicyclic) bond motifs is 1. The van der Waals surface area contributed by atoms with Crippen molar-refractivity contribution < 1.29 is 9.59 Å². The van der Waals surface area contributed by atoms with E-state index in [2.05, 4.69) is 17.1 Å². The van der Waals surface area contributed by atoms with Crippen LogP contribution in [0.5, 0.6) is 0 Å². The Balaban J connectivity index is 1.35. The van der Waals surface area contributed by atoms with E-state index in [1.165, 1.54) is 32.1 Å². The summed E-state index contributed by atoms with van der Waals surface area (Å²) in [4.78, 5) is 27.4. The van der Waals surface area contributed by atoms with Crippen molar-refractivity contribution in [3.8, 4) is 0 Å². The number of hydrogen-bond donors (Lipinski definition) is 1. The van der Waals surface area contributed by atoms with Crippen LogP contribution in [0.4, 0.5) is 0 Å². The number of carbonyl (C=O) groups excluding carboxylic acids is 2. The quantitative estimate of drug-likeness (QED) is 0.864. The molecule has 0 spiro atoms. The third-order valence-corrected chi connectivity index (χ3v) is 7.15. The molecule has 1 aromatic carbocycles. The van der Waals surface area contributed by atoms with E-state index in [0.29, 0.717) is 55.1 Å². The minimum Gasteiger partial charge on any atom is -0.356 e. The molecule has 27 heavy (non-hydrogen) atoms. The molecule has 4 atom stereocenters. The Bertz CT molecular complexity index is 668. The largest absolute Gasteiger partial charge is 0.356 e. The monoisotopic (exact) mass is 368 g/mol. The lowest BCUT2D eigenvalue weighted by molar-refractivity contribution is -0.132. The SMILES string of the molecule is C[C@H]1C[C@@H]2[C@@H](CC(=O)N2C2CCCCC2)[C@@H]1CNC(=O)Cc1ccccc1. The fraction of sp³-hybridized carbons (Fsp3) is 0.652. The molecule has 1 aromatic rings. The van der Waals surface area contributed by atoms with Crippen LogP contribution in [0.15, 0.2) is 30.3 Å². The highest BCUT2D eigenvalue weighted by Crippen LogP contribution is 2.47. The third-order valence-electron chi connectivity index (χ3n) is 7.15. The molecule has 1 heterocycles. The second-order valence-electron chi connectivity index (χ2n) is 8.87. The molecule has 2 amide bonds. The van der Waals surface area contributed by atoms with Crippen molar-refractivity contribution in [2.75, 3.05) is 6.54 Å². The van der Waals surface area contributed by atoms with Gasteiger partial charge in [0.2, 0.25) is 11.8 Å². The number of likely N-dealkylation sites (tertiary alicyclic amines) is 1. The minimum absolute atomic E-state index is 0.0883. The highest BCUT2D eigenvalue weighted by atomic mass is 16.2. The van der Waals surface area contributed by atoms with Gasteiger partial charge >= 0.3 is 0 Å². The van der Waals surface area contributed by atoms with Gasteiger partial charge in [0.25, 0.3) is 0 Å².